The Balaban J connectivity index is 1.86. The second-order valence-electron chi connectivity index (χ2n) is 5.60. The van der Waals surface area contributed by atoms with E-state index >= 15 is 0 Å². The molecule has 7 heteroatoms. The van der Waals surface area contributed by atoms with Crippen LogP contribution in [0.2, 0.25) is 0 Å². The monoisotopic (exact) mass is 324 g/mol. The standard InChI is InChI=1S/C16H21FN2O4/c1-3-19(9-15(20)21)12-7-11(8-12)18-16(22)10-4-5-14(23-2)13(17)6-10/h4-6,11-12H,3,7-9H2,1-2H3,(H,18,22)(H,20,21). The Morgan fingerprint density at radius 3 is 2.65 bits per heavy atom. The zero-order valence-corrected chi connectivity index (χ0v) is 13.2. The molecule has 1 saturated carbocycles. The average molecular weight is 324 g/mol. The number of nitrogens with one attached hydrogen (secondary N) is 1. The lowest BCUT2D eigenvalue weighted by atomic mass is 9.85. The van der Waals surface area contributed by atoms with Gasteiger partial charge in [-0.05, 0) is 37.6 Å². The SMILES string of the molecule is CCN(CC(=O)O)C1CC(NC(=O)c2ccc(OC)c(F)c2)C1. The quantitative estimate of drug-likeness (QED) is 0.795. The zero-order valence-electron chi connectivity index (χ0n) is 13.2. The Bertz CT molecular complexity index is 587. The number of likely N-dealkylation sites (N-methyl/N-ethyl adjacent to an activating group) is 1. The van der Waals surface area contributed by atoms with Gasteiger partial charge in [0.25, 0.3) is 5.91 Å². The highest BCUT2D eigenvalue weighted by molar-refractivity contribution is 5.94. The minimum Gasteiger partial charge on any atom is -0.494 e. The van der Waals surface area contributed by atoms with Crippen molar-refractivity contribution in [3.05, 3.63) is 29.6 Å². The lowest BCUT2D eigenvalue weighted by Gasteiger charge is -2.42. The topological polar surface area (TPSA) is 78.9 Å². The van der Waals surface area contributed by atoms with Gasteiger partial charge in [-0.15, -0.1) is 0 Å². The van der Waals surface area contributed by atoms with E-state index in [-0.39, 0.29) is 35.8 Å². The number of rotatable bonds is 7. The number of hydrogen-bond donors (Lipinski definition) is 2. The molecule has 23 heavy (non-hydrogen) atoms. The van der Waals surface area contributed by atoms with Crippen LogP contribution in [0.1, 0.15) is 30.1 Å². The van der Waals surface area contributed by atoms with Gasteiger partial charge in [0.15, 0.2) is 11.6 Å². The fourth-order valence-corrected chi connectivity index (χ4v) is 2.75. The van der Waals surface area contributed by atoms with Crippen molar-refractivity contribution >= 4 is 11.9 Å². The van der Waals surface area contributed by atoms with E-state index in [1.165, 1.54) is 19.2 Å². The van der Waals surface area contributed by atoms with Gasteiger partial charge in [-0.1, -0.05) is 6.92 Å². The molecule has 126 valence electrons. The van der Waals surface area contributed by atoms with E-state index in [2.05, 4.69) is 5.32 Å². The highest BCUT2D eigenvalue weighted by Gasteiger charge is 2.34. The number of aliphatic carboxylic acids is 1. The maximum Gasteiger partial charge on any atom is 0.317 e. The third kappa shape index (κ3) is 4.19. The maximum atomic E-state index is 13.6. The molecular formula is C16H21FN2O4. The Hall–Kier alpha value is -2.15. The van der Waals surface area contributed by atoms with Crippen molar-refractivity contribution in [1.82, 2.24) is 10.2 Å². The van der Waals surface area contributed by atoms with E-state index in [4.69, 9.17) is 9.84 Å². The van der Waals surface area contributed by atoms with Gasteiger partial charge in [0.2, 0.25) is 0 Å². The third-order valence-electron chi connectivity index (χ3n) is 4.12. The van der Waals surface area contributed by atoms with Gasteiger partial charge in [0.1, 0.15) is 0 Å². The van der Waals surface area contributed by atoms with Gasteiger partial charge < -0.3 is 15.2 Å². The highest BCUT2D eigenvalue weighted by Crippen LogP contribution is 2.26. The number of carboxylic acids is 1. The minimum atomic E-state index is -0.854. The first-order chi connectivity index (χ1) is 10.9. The van der Waals surface area contributed by atoms with Crippen LogP contribution in [0.3, 0.4) is 0 Å². The first-order valence-electron chi connectivity index (χ1n) is 7.54. The predicted molar refractivity (Wildman–Crippen MR) is 82.1 cm³/mol. The Labute approximate surface area is 134 Å². The van der Waals surface area contributed by atoms with Gasteiger partial charge in [-0.25, -0.2) is 4.39 Å². The highest BCUT2D eigenvalue weighted by atomic mass is 19.1. The van der Waals surface area contributed by atoms with Crippen LogP contribution in [0.25, 0.3) is 0 Å². The molecule has 2 N–H and O–H groups in total. The molecule has 0 saturated heterocycles. The first-order valence-corrected chi connectivity index (χ1v) is 7.54. The molecule has 0 radical (unpaired) electrons. The molecule has 1 fully saturated rings. The maximum absolute atomic E-state index is 13.6. The first kappa shape index (κ1) is 17.2. The molecule has 1 aromatic rings. The summed E-state index contributed by atoms with van der Waals surface area (Å²) >= 11 is 0. The van der Waals surface area contributed by atoms with E-state index in [1.54, 1.807) is 0 Å². The molecule has 0 aliphatic heterocycles. The van der Waals surface area contributed by atoms with E-state index in [0.29, 0.717) is 19.4 Å². The van der Waals surface area contributed by atoms with E-state index in [0.717, 1.165) is 6.07 Å². The number of benzene rings is 1. The molecular weight excluding hydrogens is 303 g/mol. The number of methoxy groups -OCH3 is 1. The minimum absolute atomic E-state index is 0.00548. The van der Waals surface area contributed by atoms with Crippen LogP contribution < -0.4 is 10.1 Å². The molecule has 1 aliphatic rings. The lowest BCUT2D eigenvalue weighted by Crippen LogP contribution is -2.54. The number of halogens is 1. The Morgan fingerprint density at radius 1 is 1.43 bits per heavy atom. The van der Waals surface area contributed by atoms with Crippen molar-refractivity contribution < 1.29 is 23.8 Å². The largest absolute Gasteiger partial charge is 0.494 e. The summed E-state index contributed by atoms with van der Waals surface area (Å²) in [5, 5.41) is 11.7. The summed E-state index contributed by atoms with van der Waals surface area (Å²) < 4.78 is 18.4. The molecule has 1 aliphatic carbocycles. The van der Waals surface area contributed by atoms with Crippen molar-refractivity contribution in [3.8, 4) is 5.75 Å². The van der Waals surface area contributed by atoms with E-state index < -0.39 is 11.8 Å². The van der Waals surface area contributed by atoms with Crippen LogP contribution in [0.5, 0.6) is 5.75 Å². The molecule has 6 nitrogen and oxygen atoms in total. The average Bonchev–Trinajstić information content (AvgIpc) is 2.47. The number of amides is 1. The number of carboxylic acid groups (broad SMARTS) is 1. The lowest BCUT2D eigenvalue weighted by molar-refractivity contribution is -0.139. The predicted octanol–water partition coefficient (Wildman–Crippen LogP) is 1.50. The number of ether oxygens (including phenoxy) is 1. The van der Waals surface area contributed by atoms with Crippen LogP contribution in [0.15, 0.2) is 18.2 Å². The normalized spacial score (nSPS) is 20.0. The number of carbonyl (C=O) groups is 2. The number of hydrogen-bond acceptors (Lipinski definition) is 4. The fourth-order valence-electron chi connectivity index (χ4n) is 2.75. The summed E-state index contributed by atoms with van der Waals surface area (Å²) in [6, 6.07) is 4.22. The summed E-state index contributed by atoms with van der Waals surface area (Å²) in [5.74, 6) is -1.67. The molecule has 0 unspecified atom stereocenters. The third-order valence-corrected chi connectivity index (χ3v) is 4.12. The Kier molecular flexibility index (Phi) is 5.54. The number of nitrogens with zero attached hydrogens (tertiary/aromatic N) is 1. The van der Waals surface area contributed by atoms with Crippen molar-refractivity contribution in [2.75, 3.05) is 20.2 Å². The van der Waals surface area contributed by atoms with Crippen LogP contribution in [0, 0.1) is 5.82 Å². The molecule has 0 atom stereocenters. The van der Waals surface area contributed by atoms with Crippen LogP contribution >= 0.6 is 0 Å². The van der Waals surface area contributed by atoms with Crippen LogP contribution in [-0.4, -0.2) is 54.2 Å². The molecule has 0 spiro atoms. The summed E-state index contributed by atoms with van der Waals surface area (Å²) in [5.41, 5.74) is 0.240. The molecule has 0 bridgehead atoms. The van der Waals surface area contributed by atoms with E-state index in [1.807, 2.05) is 11.8 Å². The molecule has 1 amide bonds. The van der Waals surface area contributed by atoms with Crippen LogP contribution in [0.4, 0.5) is 4.39 Å². The summed E-state index contributed by atoms with van der Waals surface area (Å²) in [6.07, 6.45) is 1.40. The van der Waals surface area contributed by atoms with Gasteiger partial charge in [0.05, 0.1) is 13.7 Å². The second kappa shape index (κ2) is 7.41. The van der Waals surface area contributed by atoms with Crippen LogP contribution in [-0.2, 0) is 4.79 Å². The van der Waals surface area contributed by atoms with Gasteiger partial charge >= 0.3 is 5.97 Å². The Morgan fingerprint density at radius 2 is 2.13 bits per heavy atom. The molecule has 2 rings (SSSR count). The summed E-state index contributed by atoms with van der Waals surface area (Å²) in [7, 11) is 1.36. The summed E-state index contributed by atoms with van der Waals surface area (Å²) in [4.78, 5) is 24.8. The van der Waals surface area contributed by atoms with Gasteiger partial charge in [-0.3, -0.25) is 14.5 Å². The molecule has 1 aromatic carbocycles. The van der Waals surface area contributed by atoms with Crippen molar-refractivity contribution in [3.63, 3.8) is 0 Å². The molecule has 0 aromatic heterocycles. The number of carbonyl (C=O) groups excluding carboxylic acids is 1. The smallest absolute Gasteiger partial charge is 0.317 e. The van der Waals surface area contributed by atoms with Crippen molar-refractivity contribution in [2.24, 2.45) is 0 Å². The summed E-state index contributed by atoms with van der Waals surface area (Å²) in [6.45, 7) is 2.57. The fraction of sp³-hybridized carbons (Fsp3) is 0.500. The van der Waals surface area contributed by atoms with Crippen molar-refractivity contribution in [1.29, 1.82) is 0 Å². The zero-order chi connectivity index (χ0) is 17.0. The van der Waals surface area contributed by atoms with E-state index in [9.17, 15) is 14.0 Å². The van der Waals surface area contributed by atoms with Gasteiger partial charge in [0, 0.05) is 17.6 Å². The van der Waals surface area contributed by atoms with Gasteiger partial charge in [-0.2, -0.15) is 0 Å². The molecule has 0 heterocycles. The second-order valence-corrected chi connectivity index (χ2v) is 5.60. The van der Waals surface area contributed by atoms with Crippen molar-refractivity contribution in [2.45, 2.75) is 31.8 Å².